The van der Waals surface area contributed by atoms with Gasteiger partial charge in [-0.25, -0.2) is 0 Å². The van der Waals surface area contributed by atoms with Crippen molar-refractivity contribution < 1.29 is 14.3 Å². The van der Waals surface area contributed by atoms with Gasteiger partial charge in [-0.2, -0.15) is 0 Å². The van der Waals surface area contributed by atoms with Gasteiger partial charge in [-0.15, -0.1) is 0 Å². The van der Waals surface area contributed by atoms with Gasteiger partial charge < -0.3 is 14.3 Å². The van der Waals surface area contributed by atoms with E-state index < -0.39 is 0 Å². The number of nitrogens with zero attached hydrogens (tertiary/aromatic N) is 1. The standard InChI is InChI=1S/C20H18ClNO4/c21-17-4-1-13(9-14(17)12-22-5-7-25-8-6-22)19-11-18(24)16-3-2-15(23)10-20(16)26-19/h1-4,9-11,23H,5-8,12H2. The molecule has 1 N–H and O–H groups in total. The molecule has 0 bridgehead atoms. The van der Waals surface area contributed by atoms with E-state index >= 15 is 0 Å². The Balaban J connectivity index is 1.72. The second-order valence-corrected chi connectivity index (χ2v) is 6.76. The van der Waals surface area contributed by atoms with Crippen LogP contribution in [0.25, 0.3) is 22.3 Å². The Labute approximate surface area is 155 Å². The van der Waals surface area contributed by atoms with E-state index in [0.29, 0.717) is 28.3 Å². The SMILES string of the molecule is O=c1cc(-c2ccc(Cl)c(CN3CCOCC3)c2)oc2cc(O)ccc12. The second-order valence-electron chi connectivity index (χ2n) is 6.35. The number of ether oxygens (including phenoxy) is 1. The van der Waals surface area contributed by atoms with Crippen molar-refractivity contribution >= 4 is 22.6 Å². The van der Waals surface area contributed by atoms with Gasteiger partial charge in [0.25, 0.3) is 0 Å². The molecule has 1 aliphatic rings. The van der Waals surface area contributed by atoms with Gasteiger partial charge in [0.2, 0.25) is 0 Å². The topological polar surface area (TPSA) is 62.9 Å². The molecule has 4 rings (SSSR count). The summed E-state index contributed by atoms with van der Waals surface area (Å²) in [6, 6.07) is 11.6. The van der Waals surface area contributed by atoms with Crippen molar-refractivity contribution in [2.75, 3.05) is 26.3 Å². The summed E-state index contributed by atoms with van der Waals surface area (Å²) in [5.74, 6) is 0.509. The van der Waals surface area contributed by atoms with E-state index in [2.05, 4.69) is 4.90 Å². The molecule has 1 fully saturated rings. The normalized spacial score (nSPS) is 15.4. The van der Waals surface area contributed by atoms with Gasteiger partial charge in [-0.05, 0) is 35.9 Å². The number of phenols is 1. The first-order valence-electron chi connectivity index (χ1n) is 8.46. The van der Waals surface area contributed by atoms with Gasteiger partial charge in [0.05, 0.1) is 18.6 Å². The Hall–Kier alpha value is -2.34. The van der Waals surface area contributed by atoms with Crippen LogP contribution in [0.4, 0.5) is 0 Å². The number of rotatable bonds is 3. The zero-order valence-electron chi connectivity index (χ0n) is 14.1. The van der Waals surface area contributed by atoms with Crippen LogP contribution in [0, 0.1) is 0 Å². The second kappa shape index (κ2) is 7.11. The smallest absolute Gasteiger partial charge is 0.193 e. The van der Waals surface area contributed by atoms with Crippen LogP contribution in [0.15, 0.2) is 51.7 Å². The van der Waals surface area contributed by atoms with Gasteiger partial charge in [-0.3, -0.25) is 9.69 Å². The van der Waals surface area contributed by atoms with Gasteiger partial charge in [0.1, 0.15) is 17.1 Å². The van der Waals surface area contributed by atoms with Crippen molar-refractivity contribution in [3.05, 3.63) is 63.3 Å². The highest BCUT2D eigenvalue weighted by Crippen LogP contribution is 2.28. The van der Waals surface area contributed by atoms with Crippen LogP contribution in [0.5, 0.6) is 5.75 Å². The molecule has 1 aliphatic heterocycles. The summed E-state index contributed by atoms with van der Waals surface area (Å²) in [7, 11) is 0. The molecule has 6 heteroatoms. The summed E-state index contributed by atoms with van der Waals surface area (Å²) in [5, 5.41) is 10.8. The summed E-state index contributed by atoms with van der Waals surface area (Å²) in [6.07, 6.45) is 0. The molecular formula is C20H18ClNO4. The number of phenolic OH excluding ortho intramolecular Hbond substituents is 1. The average molecular weight is 372 g/mol. The maximum atomic E-state index is 12.4. The monoisotopic (exact) mass is 371 g/mol. The Kier molecular flexibility index (Phi) is 4.68. The summed E-state index contributed by atoms with van der Waals surface area (Å²) in [4.78, 5) is 14.6. The Morgan fingerprint density at radius 2 is 1.88 bits per heavy atom. The first-order valence-corrected chi connectivity index (χ1v) is 8.84. The van der Waals surface area contributed by atoms with E-state index in [9.17, 15) is 9.90 Å². The lowest BCUT2D eigenvalue weighted by Crippen LogP contribution is -2.35. The van der Waals surface area contributed by atoms with Crippen LogP contribution in [0.1, 0.15) is 5.56 Å². The molecule has 5 nitrogen and oxygen atoms in total. The summed E-state index contributed by atoms with van der Waals surface area (Å²) in [5.41, 5.74) is 1.97. The van der Waals surface area contributed by atoms with Crippen LogP contribution in [-0.4, -0.2) is 36.3 Å². The highest BCUT2D eigenvalue weighted by Gasteiger charge is 2.14. The zero-order valence-corrected chi connectivity index (χ0v) is 14.8. The highest BCUT2D eigenvalue weighted by atomic mass is 35.5. The lowest BCUT2D eigenvalue weighted by atomic mass is 10.1. The van der Waals surface area contributed by atoms with Gasteiger partial charge in [0.15, 0.2) is 5.43 Å². The first-order chi connectivity index (χ1) is 12.6. The molecule has 0 atom stereocenters. The van der Waals surface area contributed by atoms with Gasteiger partial charge in [-0.1, -0.05) is 11.6 Å². The molecule has 3 aromatic rings. The maximum Gasteiger partial charge on any atom is 0.193 e. The predicted molar refractivity (Wildman–Crippen MR) is 101 cm³/mol. The Morgan fingerprint density at radius 3 is 2.69 bits per heavy atom. The van der Waals surface area contributed by atoms with Crippen LogP contribution in [0.3, 0.4) is 0 Å². The van der Waals surface area contributed by atoms with Crippen LogP contribution >= 0.6 is 11.6 Å². The summed E-state index contributed by atoms with van der Waals surface area (Å²) >= 11 is 6.37. The van der Waals surface area contributed by atoms with E-state index in [-0.39, 0.29) is 11.2 Å². The lowest BCUT2D eigenvalue weighted by Gasteiger charge is -2.27. The number of aromatic hydroxyl groups is 1. The van der Waals surface area contributed by atoms with Crippen LogP contribution < -0.4 is 5.43 Å². The zero-order chi connectivity index (χ0) is 18.1. The molecule has 0 spiro atoms. The molecule has 2 aromatic carbocycles. The number of hydrogen-bond acceptors (Lipinski definition) is 5. The van der Waals surface area contributed by atoms with Gasteiger partial charge in [0, 0.05) is 42.4 Å². The minimum Gasteiger partial charge on any atom is -0.508 e. The minimum absolute atomic E-state index is 0.0573. The fourth-order valence-electron chi connectivity index (χ4n) is 3.14. The third-order valence-corrected chi connectivity index (χ3v) is 4.91. The van der Waals surface area contributed by atoms with Crippen molar-refractivity contribution in [1.29, 1.82) is 0 Å². The predicted octanol–water partition coefficient (Wildman–Crippen LogP) is 3.65. The Morgan fingerprint density at radius 1 is 1.08 bits per heavy atom. The maximum absolute atomic E-state index is 12.4. The molecule has 1 aromatic heterocycles. The van der Waals surface area contributed by atoms with Crippen molar-refractivity contribution in [2.45, 2.75) is 6.54 Å². The quantitative estimate of drug-likeness (QED) is 0.761. The molecule has 26 heavy (non-hydrogen) atoms. The molecular weight excluding hydrogens is 354 g/mol. The molecule has 2 heterocycles. The fraction of sp³-hybridized carbons (Fsp3) is 0.250. The van der Waals surface area contributed by atoms with Crippen LogP contribution in [0.2, 0.25) is 5.02 Å². The third-order valence-electron chi connectivity index (χ3n) is 4.54. The van der Waals surface area contributed by atoms with E-state index in [1.165, 1.54) is 18.2 Å². The van der Waals surface area contributed by atoms with Crippen molar-refractivity contribution in [2.24, 2.45) is 0 Å². The molecule has 0 amide bonds. The minimum atomic E-state index is -0.147. The van der Waals surface area contributed by atoms with Crippen molar-refractivity contribution in [1.82, 2.24) is 4.90 Å². The van der Waals surface area contributed by atoms with E-state index in [4.69, 9.17) is 20.8 Å². The largest absolute Gasteiger partial charge is 0.508 e. The van der Waals surface area contributed by atoms with Crippen molar-refractivity contribution in [3.8, 4) is 17.1 Å². The molecule has 0 aliphatic carbocycles. The fourth-order valence-corrected chi connectivity index (χ4v) is 3.31. The summed E-state index contributed by atoms with van der Waals surface area (Å²) in [6.45, 7) is 3.89. The average Bonchev–Trinajstić information content (AvgIpc) is 2.64. The first kappa shape index (κ1) is 17.1. The van der Waals surface area contributed by atoms with Gasteiger partial charge >= 0.3 is 0 Å². The molecule has 0 unspecified atom stereocenters. The van der Waals surface area contributed by atoms with Crippen LogP contribution in [-0.2, 0) is 11.3 Å². The number of hydrogen-bond donors (Lipinski definition) is 1. The molecule has 0 saturated carbocycles. The highest BCUT2D eigenvalue weighted by molar-refractivity contribution is 6.31. The molecule has 134 valence electrons. The number of fused-ring (bicyclic) bond motifs is 1. The number of halogens is 1. The Bertz CT molecular complexity index is 1010. The van der Waals surface area contributed by atoms with Crippen molar-refractivity contribution in [3.63, 3.8) is 0 Å². The molecule has 0 radical (unpaired) electrons. The van der Waals surface area contributed by atoms with E-state index in [1.54, 1.807) is 6.07 Å². The van der Waals surface area contributed by atoms with E-state index in [1.807, 2.05) is 18.2 Å². The number of morpholine rings is 1. The lowest BCUT2D eigenvalue weighted by molar-refractivity contribution is 0.0342. The van der Waals surface area contributed by atoms with E-state index in [0.717, 1.165) is 37.4 Å². The third kappa shape index (κ3) is 3.46. The number of benzene rings is 2. The summed E-state index contributed by atoms with van der Waals surface area (Å²) < 4.78 is 11.2. The molecule has 1 saturated heterocycles.